The number of allylic oxidation sites excluding steroid dienone is 1. The van der Waals surface area contributed by atoms with E-state index in [-0.39, 0.29) is 6.61 Å². The van der Waals surface area contributed by atoms with Crippen molar-refractivity contribution in [3.8, 4) is 0 Å². The molecule has 0 aliphatic rings. The number of ether oxygens (including phenoxy) is 2. The van der Waals surface area contributed by atoms with Crippen molar-refractivity contribution in [1.29, 1.82) is 0 Å². The van der Waals surface area contributed by atoms with Crippen LogP contribution in [-0.4, -0.2) is 25.9 Å². The minimum atomic E-state index is -0.469. The van der Waals surface area contributed by atoms with E-state index in [1.165, 1.54) is 20.5 Å². The highest BCUT2D eigenvalue weighted by Crippen LogP contribution is 2.25. The van der Waals surface area contributed by atoms with E-state index in [4.69, 9.17) is 14.3 Å². The van der Waals surface area contributed by atoms with Gasteiger partial charge in [-0.25, -0.2) is 4.79 Å². The van der Waals surface area contributed by atoms with Gasteiger partial charge in [-0.1, -0.05) is 29.9 Å². The number of benzene rings is 1. The number of carbonyl (C=O) groups is 1. The zero-order chi connectivity index (χ0) is 17.4. The maximum atomic E-state index is 12.0. The third-order valence-corrected chi connectivity index (χ3v) is 3.31. The molecule has 0 atom stereocenters. The molecule has 0 radical (unpaired) electrons. The molecule has 0 spiro atoms. The average molecular weight is 317 g/mol. The number of rotatable bonds is 7. The molecule has 0 N–H and O–H groups in total. The average Bonchev–Trinajstić information content (AvgIpc) is 2.52. The summed E-state index contributed by atoms with van der Waals surface area (Å²) in [5, 5.41) is 4.01. The Kier molecular flexibility index (Phi) is 7.06. The second-order valence-electron chi connectivity index (χ2n) is 5.10. The molecule has 23 heavy (non-hydrogen) atoms. The van der Waals surface area contributed by atoms with Gasteiger partial charge in [-0.15, -0.1) is 0 Å². The van der Waals surface area contributed by atoms with Crippen LogP contribution >= 0.6 is 0 Å². The molecule has 5 heteroatoms. The van der Waals surface area contributed by atoms with Gasteiger partial charge in [0.15, 0.2) is 0 Å². The molecule has 0 heterocycles. The Morgan fingerprint density at radius 1 is 1.30 bits per heavy atom. The van der Waals surface area contributed by atoms with Crippen LogP contribution in [0.15, 0.2) is 41.8 Å². The van der Waals surface area contributed by atoms with Gasteiger partial charge in [0.25, 0.3) is 0 Å². The van der Waals surface area contributed by atoms with E-state index in [2.05, 4.69) is 11.7 Å². The van der Waals surface area contributed by atoms with Crippen molar-refractivity contribution in [3.05, 3.63) is 53.3 Å². The molecule has 0 saturated carbocycles. The summed E-state index contributed by atoms with van der Waals surface area (Å²) in [6.45, 7) is 9.62. The molecule has 1 rings (SSSR count). The Balaban J connectivity index is 3.18. The van der Waals surface area contributed by atoms with Crippen LogP contribution < -0.4 is 0 Å². The fourth-order valence-corrected chi connectivity index (χ4v) is 1.95. The zero-order valence-corrected chi connectivity index (χ0v) is 14.3. The predicted octanol–water partition coefficient (Wildman–Crippen LogP) is 3.62. The number of nitrogens with zero attached hydrogens (tertiary/aromatic N) is 1. The topological polar surface area (TPSA) is 57.1 Å². The van der Waals surface area contributed by atoms with E-state index in [1.54, 1.807) is 0 Å². The standard InChI is InChI=1S/C18H23NO4/c1-12(2)14(4)19-23-10-15-9-7-8-13(3)17(15)16(11-21-5)18(20)22-6/h7-9,11H,1,10H2,2-6H3/b16-11+,19-14-. The molecule has 0 aliphatic heterocycles. The Hall–Kier alpha value is -2.56. The Morgan fingerprint density at radius 2 is 2.00 bits per heavy atom. The minimum absolute atomic E-state index is 0.222. The second kappa shape index (κ2) is 8.78. The predicted molar refractivity (Wildman–Crippen MR) is 90.9 cm³/mol. The lowest BCUT2D eigenvalue weighted by molar-refractivity contribution is -0.133. The van der Waals surface area contributed by atoms with Gasteiger partial charge in [-0.2, -0.15) is 0 Å². The van der Waals surface area contributed by atoms with Crippen LogP contribution in [0.1, 0.15) is 30.5 Å². The van der Waals surface area contributed by atoms with Crippen molar-refractivity contribution in [2.45, 2.75) is 27.4 Å². The number of hydrogen-bond donors (Lipinski definition) is 0. The first-order valence-electron chi connectivity index (χ1n) is 7.15. The summed E-state index contributed by atoms with van der Waals surface area (Å²) < 4.78 is 9.86. The highest BCUT2D eigenvalue weighted by molar-refractivity contribution is 6.17. The number of oxime groups is 1. The van der Waals surface area contributed by atoms with Crippen molar-refractivity contribution < 1.29 is 19.1 Å². The smallest absolute Gasteiger partial charge is 0.341 e. The summed E-state index contributed by atoms with van der Waals surface area (Å²) in [6, 6.07) is 5.68. The van der Waals surface area contributed by atoms with Crippen molar-refractivity contribution in [1.82, 2.24) is 0 Å². The van der Waals surface area contributed by atoms with Crippen LogP contribution in [0, 0.1) is 6.92 Å². The molecule has 0 saturated heterocycles. The van der Waals surface area contributed by atoms with Crippen molar-refractivity contribution in [2.24, 2.45) is 5.16 Å². The fourth-order valence-electron chi connectivity index (χ4n) is 1.95. The Bertz CT molecular complexity index is 644. The molecule has 0 aliphatic carbocycles. The number of esters is 1. The summed E-state index contributed by atoms with van der Waals surface area (Å²) in [7, 11) is 2.82. The van der Waals surface area contributed by atoms with E-state index in [9.17, 15) is 4.79 Å². The maximum Gasteiger partial charge on any atom is 0.341 e. The lowest BCUT2D eigenvalue weighted by Crippen LogP contribution is -2.09. The summed E-state index contributed by atoms with van der Waals surface area (Å²) in [5.74, 6) is -0.469. The van der Waals surface area contributed by atoms with Gasteiger partial charge in [0, 0.05) is 11.1 Å². The van der Waals surface area contributed by atoms with Crippen LogP contribution in [0.25, 0.3) is 5.57 Å². The normalized spacial score (nSPS) is 11.9. The van der Waals surface area contributed by atoms with E-state index in [0.29, 0.717) is 5.57 Å². The van der Waals surface area contributed by atoms with Gasteiger partial charge in [-0.3, -0.25) is 0 Å². The first-order valence-corrected chi connectivity index (χ1v) is 7.15. The summed E-state index contributed by atoms with van der Waals surface area (Å²) in [4.78, 5) is 17.4. The van der Waals surface area contributed by atoms with E-state index >= 15 is 0 Å². The Labute approximate surface area is 137 Å². The van der Waals surface area contributed by atoms with E-state index in [1.807, 2.05) is 39.0 Å². The molecule has 124 valence electrons. The van der Waals surface area contributed by atoms with Crippen LogP contribution in [0.5, 0.6) is 0 Å². The molecule has 0 bridgehead atoms. The molecule has 1 aromatic carbocycles. The molecular weight excluding hydrogens is 294 g/mol. The summed E-state index contributed by atoms with van der Waals surface area (Å²) >= 11 is 0. The van der Waals surface area contributed by atoms with Gasteiger partial charge in [0.2, 0.25) is 0 Å². The van der Waals surface area contributed by atoms with Crippen molar-refractivity contribution in [2.75, 3.05) is 14.2 Å². The molecule has 1 aromatic rings. The van der Waals surface area contributed by atoms with Gasteiger partial charge in [-0.05, 0) is 31.9 Å². The van der Waals surface area contributed by atoms with Crippen molar-refractivity contribution >= 4 is 17.3 Å². The number of carbonyl (C=O) groups excluding carboxylic acids is 1. The quantitative estimate of drug-likeness (QED) is 0.253. The van der Waals surface area contributed by atoms with Crippen LogP contribution in [0.4, 0.5) is 0 Å². The first-order chi connectivity index (χ1) is 10.9. The van der Waals surface area contributed by atoms with Crippen LogP contribution in [0.3, 0.4) is 0 Å². The lowest BCUT2D eigenvalue weighted by Gasteiger charge is -2.14. The van der Waals surface area contributed by atoms with Gasteiger partial charge < -0.3 is 14.3 Å². The molecule has 0 unspecified atom stereocenters. The Morgan fingerprint density at radius 3 is 2.57 bits per heavy atom. The third-order valence-electron chi connectivity index (χ3n) is 3.31. The maximum absolute atomic E-state index is 12.0. The monoisotopic (exact) mass is 317 g/mol. The molecule has 0 amide bonds. The van der Waals surface area contributed by atoms with Crippen molar-refractivity contribution in [3.63, 3.8) is 0 Å². The van der Waals surface area contributed by atoms with E-state index < -0.39 is 5.97 Å². The minimum Gasteiger partial charge on any atom is -0.503 e. The highest BCUT2D eigenvalue weighted by atomic mass is 16.6. The van der Waals surface area contributed by atoms with Crippen LogP contribution in [-0.2, 0) is 25.7 Å². The van der Waals surface area contributed by atoms with Gasteiger partial charge >= 0.3 is 5.97 Å². The largest absolute Gasteiger partial charge is 0.503 e. The SMILES string of the molecule is C=C(C)/C(C)=N\OCc1cccc(C)c1/C(=C\OC)C(=O)OC. The fraction of sp³-hybridized carbons (Fsp3) is 0.333. The number of aryl methyl sites for hydroxylation is 1. The van der Waals surface area contributed by atoms with Crippen LogP contribution in [0.2, 0.25) is 0 Å². The molecule has 0 aromatic heterocycles. The molecule has 5 nitrogen and oxygen atoms in total. The number of methoxy groups -OCH3 is 2. The zero-order valence-electron chi connectivity index (χ0n) is 14.3. The summed E-state index contributed by atoms with van der Waals surface area (Å²) in [5.41, 5.74) is 4.36. The van der Waals surface area contributed by atoms with Gasteiger partial charge in [0.1, 0.15) is 12.2 Å². The molecular formula is C18H23NO4. The second-order valence-corrected chi connectivity index (χ2v) is 5.10. The first kappa shape index (κ1) is 18.5. The third kappa shape index (κ3) is 4.98. The summed E-state index contributed by atoms with van der Waals surface area (Å²) in [6.07, 6.45) is 1.38. The molecule has 0 fully saturated rings. The number of hydrogen-bond acceptors (Lipinski definition) is 5. The highest BCUT2D eigenvalue weighted by Gasteiger charge is 2.19. The van der Waals surface area contributed by atoms with E-state index in [0.717, 1.165) is 28.0 Å². The van der Waals surface area contributed by atoms with Gasteiger partial charge in [0.05, 0.1) is 26.2 Å². The lowest BCUT2D eigenvalue weighted by atomic mass is 9.96.